The molecule has 0 radical (unpaired) electrons. The summed E-state index contributed by atoms with van der Waals surface area (Å²) in [6.45, 7) is 5.21. The van der Waals surface area contributed by atoms with Crippen LogP contribution in [0.25, 0.3) is 0 Å². The first-order valence-corrected chi connectivity index (χ1v) is 6.84. The smallest absolute Gasteiger partial charge is 0.273 e. The summed E-state index contributed by atoms with van der Waals surface area (Å²) < 4.78 is 0. The van der Waals surface area contributed by atoms with E-state index in [1.807, 2.05) is 54.5 Å². The first-order valence-electron chi connectivity index (χ1n) is 5.96. The van der Waals surface area contributed by atoms with Crippen molar-refractivity contribution in [2.24, 2.45) is 0 Å². The van der Waals surface area contributed by atoms with Gasteiger partial charge in [0.2, 0.25) is 0 Å². The number of carbonyl (C=O) groups excluding carboxylic acids is 1. The van der Waals surface area contributed by atoms with Gasteiger partial charge in [0.1, 0.15) is 5.69 Å². The maximum Gasteiger partial charge on any atom is 0.273 e. The Morgan fingerprint density at radius 3 is 2.61 bits per heavy atom. The average molecular weight is 260 g/mol. The van der Waals surface area contributed by atoms with Crippen LogP contribution in [0, 0.1) is 6.92 Å². The summed E-state index contributed by atoms with van der Waals surface area (Å²) in [7, 11) is 0. The van der Waals surface area contributed by atoms with Gasteiger partial charge < -0.3 is 4.90 Å². The van der Waals surface area contributed by atoms with E-state index in [9.17, 15) is 4.79 Å². The number of benzene rings is 1. The van der Waals surface area contributed by atoms with Crippen molar-refractivity contribution >= 4 is 17.2 Å². The molecule has 1 amide bonds. The average Bonchev–Trinajstić information content (AvgIpc) is 2.83. The maximum absolute atomic E-state index is 12.3. The Morgan fingerprint density at radius 1 is 1.33 bits per heavy atom. The monoisotopic (exact) mass is 260 g/mol. The Balaban J connectivity index is 2.12. The van der Waals surface area contributed by atoms with Crippen LogP contribution in [0.2, 0.25) is 0 Å². The minimum absolute atomic E-state index is 0.00528. The first-order chi connectivity index (χ1) is 8.70. The summed E-state index contributed by atoms with van der Waals surface area (Å²) in [5.41, 5.74) is 1.69. The van der Waals surface area contributed by atoms with Crippen LogP contribution in [0.1, 0.15) is 28.0 Å². The number of carbonyl (C=O) groups is 1. The molecule has 0 saturated carbocycles. The third-order valence-electron chi connectivity index (χ3n) is 2.72. The fourth-order valence-corrected chi connectivity index (χ4v) is 2.34. The summed E-state index contributed by atoms with van der Waals surface area (Å²) >= 11 is 1.51. The number of rotatable bonds is 4. The van der Waals surface area contributed by atoms with Crippen LogP contribution in [0.3, 0.4) is 0 Å². The molecule has 0 saturated heterocycles. The van der Waals surface area contributed by atoms with Crippen molar-refractivity contribution in [3.05, 3.63) is 52.0 Å². The van der Waals surface area contributed by atoms with Gasteiger partial charge in [0.15, 0.2) is 0 Å². The Hall–Kier alpha value is -1.68. The zero-order chi connectivity index (χ0) is 13.0. The van der Waals surface area contributed by atoms with Gasteiger partial charge in [-0.2, -0.15) is 0 Å². The molecule has 0 aliphatic carbocycles. The molecule has 0 N–H and O–H groups in total. The van der Waals surface area contributed by atoms with E-state index in [4.69, 9.17) is 0 Å². The summed E-state index contributed by atoms with van der Waals surface area (Å²) in [6.07, 6.45) is 0. The van der Waals surface area contributed by atoms with Crippen molar-refractivity contribution < 1.29 is 4.79 Å². The number of nitrogens with zero attached hydrogens (tertiary/aromatic N) is 2. The number of hydrogen-bond donors (Lipinski definition) is 0. The van der Waals surface area contributed by atoms with Crippen LogP contribution in [0.5, 0.6) is 0 Å². The lowest BCUT2D eigenvalue weighted by Crippen LogP contribution is -2.30. The molecular weight excluding hydrogens is 244 g/mol. The molecule has 18 heavy (non-hydrogen) atoms. The number of thiazole rings is 1. The molecule has 0 aliphatic heterocycles. The van der Waals surface area contributed by atoms with Crippen molar-refractivity contribution in [1.29, 1.82) is 0 Å². The second-order valence-electron chi connectivity index (χ2n) is 4.06. The van der Waals surface area contributed by atoms with E-state index in [1.165, 1.54) is 11.3 Å². The highest BCUT2D eigenvalue weighted by molar-refractivity contribution is 7.09. The van der Waals surface area contributed by atoms with E-state index in [-0.39, 0.29) is 5.91 Å². The quantitative estimate of drug-likeness (QED) is 0.846. The van der Waals surface area contributed by atoms with E-state index in [0.29, 0.717) is 18.8 Å². The van der Waals surface area contributed by atoms with Crippen LogP contribution in [-0.4, -0.2) is 22.3 Å². The predicted octanol–water partition coefficient (Wildman–Crippen LogP) is 3.11. The minimum Gasteiger partial charge on any atom is -0.333 e. The zero-order valence-corrected chi connectivity index (χ0v) is 11.4. The van der Waals surface area contributed by atoms with Crippen LogP contribution in [-0.2, 0) is 6.54 Å². The third-order valence-corrected chi connectivity index (χ3v) is 3.50. The SMILES string of the molecule is CCN(Cc1ccccc1)C(=O)c1csc(C)n1. The molecule has 0 fully saturated rings. The Kier molecular flexibility index (Phi) is 4.10. The molecule has 2 rings (SSSR count). The van der Waals surface area contributed by atoms with E-state index in [2.05, 4.69) is 4.98 Å². The summed E-state index contributed by atoms with van der Waals surface area (Å²) in [4.78, 5) is 18.3. The van der Waals surface area contributed by atoms with Gasteiger partial charge in [-0.15, -0.1) is 11.3 Å². The van der Waals surface area contributed by atoms with Gasteiger partial charge in [0.25, 0.3) is 5.91 Å². The van der Waals surface area contributed by atoms with Crippen LogP contribution in [0.4, 0.5) is 0 Å². The molecule has 0 atom stereocenters. The second kappa shape index (κ2) is 5.78. The highest BCUT2D eigenvalue weighted by Crippen LogP contribution is 2.12. The second-order valence-corrected chi connectivity index (χ2v) is 5.12. The molecule has 1 aromatic carbocycles. The Morgan fingerprint density at radius 2 is 2.06 bits per heavy atom. The molecule has 4 heteroatoms. The van der Waals surface area contributed by atoms with E-state index in [1.54, 1.807) is 0 Å². The van der Waals surface area contributed by atoms with Gasteiger partial charge >= 0.3 is 0 Å². The zero-order valence-electron chi connectivity index (χ0n) is 10.6. The normalized spacial score (nSPS) is 10.3. The predicted molar refractivity (Wildman–Crippen MR) is 73.7 cm³/mol. The molecule has 1 heterocycles. The highest BCUT2D eigenvalue weighted by atomic mass is 32.1. The standard InChI is InChI=1S/C14H16N2OS/c1-3-16(9-12-7-5-4-6-8-12)14(17)13-10-18-11(2)15-13/h4-8,10H,3,9H2,1-2H3. The van der Waals surface area contributed by atoms with Gasteiger partial charge in [-0.05, 0) is 19.4 Å². The molecule has 3 nitrogen and oxygen atoms in total. The fourth-order valence-electron chi connectivity index (χ4n) is 1.75. The lowest BCUT2D eigenvalue weighted by Gasteiger charge is -2.19. The molecular formula is C14H16N2OS. The number of aryl methyl sites for hydroxylation is 1. The lowest BCUT2D eigenvalue weighted by atomic mass is 10.2. The number of aromatic nitrogens is 1. The lowest BCUT2D eigenvalue weighted by molar-refractivity contribution is 0.0747. The van der Waals surface area contributed by atoms with Crippen molar-refractivity contribution in [2.75, 3.05) is 6.54 Å². The molecule has 94 valence electrons. The van der Waals surface area contributed by atoms with Crippen molar-refractivity contribution in [3.63, 3.8) is 0 Å². The molecule has 2 aromatic rings. The molecule has 0 aliphatic rings. The van der Waals surface area contributed by atoms with Crippen LogP contribution >= 0.6 is 11.3 Å². The van der Waals surface area contributed by atoms with Gasteiger partial charge in [-0.1, -0.05) is 30.3 Å². The first kappa shape index (κ1) is 12.8. The summed E-state index contributed by atoms with van der Waals surface area (Å²) in [5.74, 6) is 0.00528. The van der Waals surface area contributed by atoms with Crippen LogP contribution in [0.15, 0.2) is 35.7 Å². The van der Waals surface area contributed by atoms with Gasteiger partial charge in [0, 0.05) is 18.5 Å². The van der Waals surface area contributed by atoms with E-state index >= 15 is 0 Å². The van der Waals surface area contributed by atoms with E-state index < -0.39 is 0 Å². The Labute approximate surface area is 111 Å². The van der Waals surface area contributed by atoms with Crippen LogP contribution < -0.4 is 0 Å². The number of hydrogen-bond acceptors (Lipinski definition) is 3. The molecule has 0 unspecified atom stereocenters. The molecule has 0 bridgehead atoms. The summed E-state index contributed by atoms with van der Waals surface area (Å²) in [5, 5.41) is 2.75. The van der Waals surface area contributed by atoms with E-state index in [0.717, 1.165) is 10.6 Å². The van der Waals surface area contributed by atoms with Gasteiger partial charge in [-0.3, -0.25) is 4.79 Å². The highest BCUT2D eigenvalue weighted by Gasteiger charge is 2.16. The van der Waals surface area contributed by atoms with Gasteiger partial charge in [0.05, 0.1) is 5.01 Å². The molecule has 1 aromatic heterocycles. The Bertz CT molecular complexity index is 522. The molecule has 0 spiro atoms. The minimum atomic E-state index is 0.00528. The maximum atomic E-state index is 12.3. The third kappa shape index (κ3) is 2.96. The van der Waals surface area contributed by atoms with Crippen molar-refractivity contribution in [1.82, 2.24) is 9.88 Å². The van der Waals surface area contributed by atoms with Crippen molar-refractivity contribution in [3.8, 4) is 0 Å². The topological polar surface area (TPSA) is 33.2 Å². The largest absolute Gasteiger partial charge is 0.333 e. The van der Waals surface area contributed by atoms with Crippen molar-refractivity contribution in [2.45, 2.75) is 20.4 Å². The van der Waals surface area contributed by atoms with Gasteiger partial charge in [-0.25, -0.2) is 4.98 Å². The fraction of sp³-hybridized carbons (Fsp3) is 0.286. The summed E-state index contributed by atoms with van der Waals surface area (Å²) in [6, 6.07) is 10.0. The number of amides is 1.